The first kappa shape index (κ1) is 14.3. The number of pyridine rings is 1. The predicted octanol–water partition coefficient (Wildman–Crippen LogP) is 3.38. The van der Waals surface area contributed by atoms with Gasteiger partial charge in [-0.25, -0.2) is 0 Å². The maximum absolute atomic E-state index is 5.93. The molecule has 0 aliphatic heterocycles. The molecule has 1 aromatic heterocycles. The summed E-state index contributed by atoms with van der Waals surface area (Å²) in [5.41, 5.74) is 1.08. The lowest BCUT2D eigenvalue weighted by atomic mass is 10.2. The molecule has 0 atom stereocenters. The monoisotopic (exact) mass is 272 g/mol. The van der Waals surface area contributed by atoms with Crippen LogP contribution < -0.4 is 14.8 Å². The molecule has 0 saturated carbocycles. The first-order valence-corrected chi connectivity index (χ1v) is 6.79. The van der Waals surface area contributed by atoms with Gasteiger partial charge in [-0.15, -0.1) is 0 Å². The van der Waals surface area contributed by atoms with E-state index in [4.69, 9.17) is 9.47 Å². The van der Waals surface area contributed by atoms with Crippen molar-refractivity contribution in [3.05, 3.63) is 48.3 Å². The molecule has 0 saturated heterocycles. The van der Waals surface area contributed by atoms with Gasteiger partial charge in [-0.1, -0.05) is 19.1 Å². The van der Waals surface area contributed by atoms with Crippen molar-refractivity contribution in [2.45, 2.75) is 19.9 Å². The van der Waals surface area contributed by atoms with E-state index < -0.39 is 0 Å². The van der Waals surface area contributed by atoms with E-state index in [-0.39, 0.29) is 0 Å². The number of nitrogens with zero attached hydrogens (tertiary/aromatic N) is 1. The Morgan fingerprint density at radius 1 is 1.10 bits per heavy atom. The minimum Gasteiger partial charge on any atom is -0.493 e. The van der Waals surface area contributed by atoms with E-state index in [0.29, 0.717) is 11.5 Å². The highest BCUT2D eigenvalue weighted by atomic mass is 16.5. The van der Waals surface area contributed by atoms with Gasteiger partial charge in [0, 0.05) is 18.3 Å². The van der Waals surface area contributed by atoms with Crippen LogP contribution in [0.4, 0.5) is 0 Å². The fourth-order valence-corrected chi connectivity index (χ4v) is 1.87. The zero-order chi connectivity index (χ0) is 14.2. The average molecular weight is 272 g/mol. The zero-order valence-corrected chi connectivity index (χ0v) is 11.9. The first-order valence-electron chi connectivity index (χ1n) is 6.79. The summed E-state index contributed by atoms with van der Waals surface area (Å²) in [6, 6.07) is 9.56. The standard InChI is InChI=1S/C16H20N2O2/c1-3-9-17-11-13-8-10-18-12-16(13)20-15-7-5-4-6-14(15)19-2/h4-8,10,12,17H,3,9,11H2,1-2H3. The quantitative estimate of drug-likeness (QED) is 0.785. The van der Waals surface area contributed by atoms with Crippen molar-refractivity contribution >= 4 is 0 Å². The summed E-state index contributed by atoms with van der Waals surface area (Å²) in [6.45, 7) is 3.89. The molecule has 1 aromatic carbocycles. The summed E-state index contributed by atoms with van der Waals surface area (Å²) in [7, 11) is 1.63. The molecule has 0 radical (unpaired) electrons. The van der Waals surface area contributed by atoms with Crippen LogP contribution in [-0.2, 0) is 6.54 Å². The summed E-state index contributed by atoms with van der Waals surface area (Å²) >= 11 is 0. The number of rotatable bonds is 7. The van der Waals surface area contributed by atoms with Gasteiger partial charge in [0.05, 0.1) is 13.3 Å². The van der Waals surface area contributed by atoms with Gasteiger partial charge in [-0.05, 0) is 31.2 Å². The first-order chi connectivity index (χ1) is 9.85. The van der Waals surface area contributed by atoms with Gasteiger partial charge in [0.2, 0.25) is 0 Å². The Hall–Kier alpha value is -2.07. The maximum atomic E-state index is 5.93. The van der Waals surface area contributed by atoms with Gasteiger partial charge in [0.1, 0.15) is 5.75 Å². The Morgan fingerprint density at radius 3 is 2.65 bits per heavy atom. The highest BCUT2D eigenvalue weighted by molar-refractivity contribution is 5.43. The largest absolute Gasteiger partial charge is 0.493 e. The molecule has 0 unspecified atom stereocenters. The molecule has 0 amide bonds. The number of benzene rings is 1. The SMILES string of the molecule is CCCNCc1ccncc1Oc1ccccc1OC. The van der Waals surface area contributed by atoms with E-state index in [1.54, 1.807) is 19.5 Å². The van der Waals surface area contributed by atoms with Gasteiger partial charge < -0.3 is 14.8 Å². The smallest absolute Gasteiger partial charge is 0.169 e. The Labute approximate surface area is 119 Å². The van der Waals surface area contributed by atoms with Crippen LogP contribution in [0, 0.1) is 0 Å². The molecule has 2 rings (SSSR count). The molecule has 2 aromatic rings. The predicted molar refractivity (Wildman–Crippen MR) is 79.3 cm³/mol. The lowest BCUT2D eigenvalue weighted by Crippen LogP contribution is -2.14. The van der Waals surface area contributed by atoms with Crippen molar-refractivity contribution in [2.24, 2.45) is 0 Å². The van der Waals surface area contributed by atoms with Crippen LogP contribution in [0.15, 0.2) is 42.7 Å². The summed E-state index contributed by atoms with van der Waals surface area (Å²) in [6.07, 6.45) is 4.61. The summed E-state index contributed by atoms with van der Waals surface area (Å²) in [5, 5.41) is 3.37. The molecular formula is C16H20N2O2. The second kappa shape index (κ2) is 7.50. The number of hydrogen-bond acceptors (Lipinski definition) is 4. The van der Waals surface area contributed by atoms with Crippen LogP contribution in [0.5, 0.6) is 17.2 Å². The van der Waals surface area contributed by atoms with E-state index in [9.17, 15) is 0 Å². The number of ether oxygens (including phenoxy) is 2. The fourth-order valence-electron chi connectivity index (χ4n) is 1.87. The van der Waals surface area contributed by atoms with E-state index in [1.165, 1.54) is 0 Å². The lowest BCUT2D eigenvalue weighted by Gasteiger charge is -2.13. The lowest BCUT2D eigenvalue weighted by molar-refractivity contribution is 0.376. The van der Waals surface area contributed by atoms with Gasteiger partial charge in [-0.3, -0.25) is 4.98 Å². The van der Waals surface area contributed by atoms with Crippen molar-refractivity contribution in [1.82, 2.24) is 10.3 Å². The number of hydrogen-bond donors (Lipinski definition) is 1. The molecule has 0 aliphatic carbocycles. The van der Waals surface area contributed by atoms with E-state index in [0.717, 1.165) is 30.8 Å². The van der Waals surface area contributed by atoms with Gasteiger partial charge in [0.15, 0.2) is 11.5 Å². The van der Waals surface area contributed by atoms with Gasteiger partial charge in [0.25, 0.3) is 0 Å². The van der Waals surface area contributed by atoms with Crippen LogP contribution in [0.2, 0.25) is 0 Å². The number of nitrogens with one attached hydrogen (secondary N) is 1. The van der Waals surface area contributed by atoms with Crippen LogP contribution in [-0.4, -0.2) is 18.6 Å². The zero-order valence-electron chi connectivity index (χ0n) is 11.9. The third-order valence-electron chi connectivity index (χ3n) is 2.90. The molecule has 20 heavy (non-hydrogen) atoms. The van der Waals surface area contributed by atoms with Crippen molar-refractivity contribution in [1.29, 1.82) is 0 Å². The Bertz CT molecular complexity index is 544. The number of para-hydroxylation sites is 2. The second-order valence-corrected chi connectivity index (χ2v) is 4.41. The van der Waals surface area contributed by atoms with E-state index in [2.05, 4.69) is 17.2 Å². The summed E-state index contributed by atoms with van der Waals surface area (Å²) < 4.78 is 11.2. The minimum atomic E-state index is 0.694. The minimum absolute atomic E-state index is 0.694. The molecule has 0 spiro atoms. The molecule has 0 aliphatic rings. The highest BCUT2D eigenvalue weighted by Crippen LogP contribution is 2.32. The van der Waals surface area contributed by atoms with Crippen LogP contribution >= 0.6 is 0 Å². The third-order valence-corrected chi connectivity index (χ3v) is 2.90. The van der Waals surface area contributed by atoms with Gasteiger partial charge >= 0.3 is 0 Å². The normalized spacial score (nSPS) is 10.3. The van der Waals surface area contributed by atoms with Gasteiger partial charge in [-0.2, -0.15) is 0 Å². The van der Waals surface area contributed by atoms with Crippen LogP contribution in [0.3, 0.4) is 0 Å². The van der Waals surface area contributed by atoms with Crippen LogP contribution in [0.25, 0.3) is 0 Å². The molecule has 0 bridgehead atoms. The number of methoxy groups -OCH3 is 1. The Morgan fingerprint density at radius 2 is 1.90 bits per heavy atom. The Kier molecular flexibility index (Phi) is 5.38. The Balaban J connectivity index is 2.16. The second-order valence-electron chi connectivity index (χ2n) is 4.41. The molecular weight excluding hydrogens is 252 g/mol. The molecule has 0 fully saturated rings. The summed E-state index contributed by atoms with van der Waals surface area (Å²) in [5.74, 6) is 2.16. The molecule has 1 N–H and O–H groups in total. The summed E-state index contributed by atoms with van der Waals surface area (Å²) in [4.78, 5) is 4.13. The van der Waals surface area contributed by atoms with E-state index >= 15 is 0 Å². The molecule has 4 heteroatoms. The molecule has 1 heterocycles. The van der Waals surface area contributed by atoms with E-state index in [1.807, 2.05) is 30.3 Å². The third kappa shape index (κ3) is 3.71. The van der Waals surface area contributed by atoms with Crippen LogP contribution in [0.1, 0.15) is 18.9 Å². The average Bonchev–Trinajstić information content (AvgIpc) is 2.50. The van der Waals surface area contributed by atoms with Crippen molar-refractivity contribution in [3.8, 4) is 17.2 Å². The van der Waals surface area contributed by atoms with Crippen molar-refractivity contribution in [3.63, 3.8) is 0 Å². The topological polar surface area (TPSA) is 43.4 Å². The molecule has 4 nitrogen and oxygen atoms in total. The van der Waals surface area contributed by atoms with Crippen molar-refractivity contribution < 1.29 is 9.47 Å². The highest BCUT2D eigenvalue weighted by Gasteiger charge is 2.08. The maximum Gasteiger partial charge on any atom is 0.169 e. The number of aromatic nitrogens is 1. The van der Waals surface area contributed by atoms with Crippen molar-refractivity contribution in [2.75, 3.05) is 13.7 Å². The molecule has 106 valence electrons. The fraction of sp³-hybridized carbons (Fsp3) is 0.312.